The molecular weight excluding hydrogens is 318 g/mol. The fourth-order valence-electron chi connectivity index (χ4n) is 2.45. The van der Waals surface area contributed by atoms with Gasteiger partial charge in [-0.25, -0.2) is 9.59 Å². The molecule has 0 radical (unpaired) electrons. The summed E-state index contributed by atoms with van der Waals surface area (Å²) in [6, 6.07) is 2.86. The molecule has 0 unspecified atom stereocenters. The Morgan fingerprint density at radius 3 is 2.71 bits per heavy atom. The first-order chi connectivity index (χ1) is 11.4. The van der Waals surface area contributed by atoms with Crippen molar-refractivity contribution >= 4 is 17.7 Å². The van der Waals surface area contributed by atoms with Crippen molar-refractivity contribution in [1.29, 1.82) is 0 Å². The third kappa shape index (κ3) is 3.29. The van der Waals surface area contributed by atoms with E-state index in [0.29, 0.717) is 11.3 Å². The van der Waals surface area contributed by atoms with Crippen molar-refractivity contribution in [3.8, 4) is 5.75 Å². The van der Waals surface area contributed by atoms with Crippen LogP contribution in [0.15, 0.2) is 29.5 Å². The lowest BCUT2D eigenvalue weighted by Gasteiger charge is -2.28. The van der Waals surface area contributed by atoms with Gasteiger partial charge in [-0.3, -0.25) is 10.1 Å². The van der Waals surface area contributed by atoms with Crippen molar-refractivity contribution in [2.75, 3.05) is 13.7 Å². The summed E-state index contributed by atoms with van der Waals surface area (Å²) in [4.78, 5) is 34.6. The maximum absolute atomic E-state index is 12.2. The molecule has 0 aromatic heterocycles. The summed E-state index contributed by atoms with van der Waals surface area (Å²) >= 11 is 0. The minimum Gasteiger partial charge on any atom is -0.490 e. The molecule has 2 amide bonds. The molecular formula is C15H17N3O6. The monoisotopic (exact) mass is 335 g/mol. The van der Waals surface area contributed by atoms with Crippen LogP contribution in [0, 0.1) is 10.1 Å². The van der Waals surface area contributed by atoms with Gasteiger partial charge in [-0.2, -0.15) is 0 Å². The van der Waals surface area contributed by atoms with Gasteiger partial charge in [-0.05, 0) is 25.5 Å². The molecule has 1 aliphatic rings. The molecule has 0 aliphatic carbocycles. The van der Waals surface area contributed by atoms with Gasteiger partial charge in [-0.1, -0.05) is 6.07 Å². The molecule has 0 spiro atoms. The van der Waals surface area contributed by atoms with Crippen LogP contribution in [0.3, 0.4) is 0 Å². The molecule has 1 aliphatic heterocycles. The fraction of sp³-hybridized carbons (Fsp3) is 0.333. The number of nitrogens with zero attached hydrogens (tertiary/aromatic N) is 1. The largest absolute Gasteiger partial charge is 0.490 e. The van der Waals surface area contributed by atoms with Crippen LogP contribution in [-0.2, 0) is 9.53 Å². The van der Waals surface area contributed by atoms with Crippen LogP contribution in [0.5, 0.6) is 5.75 Å². The fourth-order valence-corrected chi connectivity index (χ4v) is 2.45. The van der Waals surface area contributed by atoms with Crippen molar-refractivity contribution in [3.05, 3.63) is 45.1 Å². The molecule has 1 aromatic rings. The van der Waals surface area contributed by atoms with E-state index in [4.69, 9.17) is 9.47 Å². The molecule has 1 heterocycles. The van der Waals surface area contributed by atoms with E-state index in [9.17, 15) is 19.7 Å². The Morgan fingerprint density at radius 2 is 2.12 bits per heavy atom. The first kappa shape index (κ1) is 17.3. The summed E-state index contributed by atoms with van der Waals surface area (Å²) in [6.07, 6.45) is 0. The zero-order valence-corrected chi connectivity index (χ0v) is 13.4. The van der Waals surface area contributed by atoms with Crippen LogP contribution in [0.1, 0.15) is 25.5 Å². The number of ether oxygens (including phenoxy) is 2. The summed E-state index contributed by atoms with van der Waals surface area (Å²) in [6.45, 7) is 3.39. The molecule has 2 N–H and O–H groups in total. The summed E-state index contributed by atoms with van der Waals surface area (Å²) in [7, 11) is 1.32. The number of nitrogens with one attached hydrogen (secondary N) is 2. The van der Waals surface area contributed by atoms with Gasteiger partial charge in [0.2, 0.25) is 0 Å². The second kappa shape index (κ2) is 6.99. The third-order valence-corrected chi connectivity index (χ3v) is 3.50. The average molecular weight is 335 g/mol. The van der Waals surface area contributed by atoms with Crippen molar-refractivity contribution in [2.24, 2.45) is 0 Å². The molecule has 0 bridgehead atoms. The van der Waals surface area contributed by atoms with E-state index in [0.717, 1.165) is 0 Å². The molecule has 9 nitrogen and oxygen atoms in total. The molecule has 1 atom stereocenters. The number of nitro benzene ring substituents is 1. The Balaban J connectivity index is 2.53. The highest BCUT2D eigenvalue weighted by molar-refractivity contribution is 5.95. The Morgan fingerprint density at radius 1 is 1.42 bits per heavy atom. The van der Waals surface area contributed by atoms with Crippen LogP contribution in [0.2, 0.25) is 0 Å². The minimum absolute atomic E-state index is 0.0856. The number of methoxy groups -OCH3 is 1. The molecule has 0 saturated carbocycles. The third-order valence-electron chi connectivity index (χ3n) is 3.50. The topological polar surface area (TPSA) is 120 Å². The number of benzene rings is 1. The number of rotatable bonds is 5. The number of hydrogen-bond acceptors (Lipinski definition) is 6. The van der Waals surface area contributed by atoms with Crippen LogP contribution in [-0.4, -0.2) is 30.6 Å². The van der Waals surface area contributed by atoms with E-state index >= 15 is 0 Å². The molecule has 0 saturated heterocycles. The van der Waals surface area contributed by atoms with Gasteiger partial charge in [0.05, 0.1) is 30.3 Å². The molecule has 128 valence electrons. The van der Waals surface area contributed by atoms with Gasteiger partial charge in [0.1, 0.15) is 0 Å². The van der Waals surface area contributed by atoms with Crippen LogP contribution >= 0.6 is 0 Å². The van der Waals surface area contributed by atoms with Crippen molar-refractivity contribution in [2.45, 2.75) is 19.9 Å². The Hall–Kier alpha value is -3.10. The summed E-state index contributed by atoms with van der Waals surface area (Å²) in [5.41, 5.74) is 0.639. The Kier molecular flexibility index (Phi) is 5.02. The molecule has 24 heavy (non-hydrogen) atoms. The Labute approximate surface area is 137 Å². The molecule has 9 heteroatoms. The number of urea groups is 1. The highest BCUT2D eigenvalue weighted by atomic mass is 16.6. The normalized spacial score (nSPS) is 17.0. The van der Waals surface area contributed by atoms with Gasteiger partial charge >= 0.3 is 17.7 Å². The predicted octanol–water partition coefficient (Wildman–Crippen LogP) is 1.79. The SMILES string of the molecule is CCOC(=O)C1=C(C)NC(=O)N[C@H]1c1ccc(OC)c([N+](=O)[O-])c1. The quantitative estimate of drug-likeness (QED) is 0.481. The molecule has 1 aromatic carbocycles. The summed E-state index contributed by atoms with van der Waals surface area (Å²) in [5.74, 6) is -0.520. The van der Waals surface area contributed by atoms with Crippen molar-refractivity contribution in [3.63, 3.8) is 0 Å². The number of nitro groups is 1. The zero-order valence-electron chi connectivity index (χ0n) is 13.4. The lowest BCUT2D eigenvalue weighted by Crippen LogP contribution is -2.45. The lowest BCUT2D eigenvalue weighted by molar-refractivity contribution is -0.385. The van der Waals surface area contributed by atoms with Crippen molar-refractivity contribution < 1.29 is 24.0 Å². The van der Waals surface area contributed by atoms with E-state index in [1.54, 1.807) is 19.9 Å². The highest BCUT2D eigenvalue weighted by Crippen LogP contribution is 2.34. The standard InChI is InChI=1S/C15H17N3O6/c1-4-24-14(19)12-8(2)16-15(20)17-13(12)9-5-6-11(23-3)10(7-9)18(21)22/h5-7,13H,4H2,1-3H3,(H2,16,17,20)/t13-/m0/s1. The lowest BCUT2D eigenvalue weighted by atomic mass is 9.95. The van der Waals surface area contributed by atoms with E-state index in [1.165, 1.54) is 19.2 Å². The summed E-state index contributed by atoms with van der Waals surface area (Å²) < 4.78 is 9.97. The predicted molar refractivity (Wildman–Crippen MR) is 83.4 cm³/mol. The first-order valence-corrected chi connectivity index (χ1v) is 7.16. The number of amides is 2. The summed E-state index contributed by atoms with van der Waals surface area (Å²) in [5, 5.41) is 16.3. The van der Waals surface area contributed by atoms with E-state index in [1.807, 2.05) is 0 Å². The number of hydrogen-bond donors (Lipinski definition) is 2. The molecule has 0 fully saturated rings. The van der Waals surface area contributed by atoms with E-state index < -0.39 is 23.0 Å². The van der Waals surface area contributed by atoms with Gasteiger partial charge in [-0.15, -0.1) is 0 Å². The number of allylic oxidation sites excluding steroid dienone is 1. The maximum atomic E-state index is 12.2. The zero-order chi connectivity index (χ0) is 17.9. The van der Waals surface area contributed by atoms with Gasteiger partial charge < -0.3 is 20.1 Å². The van der Waals surface area contributed by atoms with Crippen molar-refractivity contribution in [1.82, 2.24) is 10.6 Å². The van der Waals surface area contributed by atoms with Crippen LogP contribution < -0.4 is 15.4 Å². The van der Waals surface area contributed by atoms with E-state index in [2.05, 4.69) is 10.6 Å². The van der Waals surface area contributed by atoms with Gasteiger partial charge in [0.15, 0.2) is 5.75 Å². The second-order valence-electron chi connectivity index (χ2n) is 4.98. The molecule has 2 rings (SSSR count). The van der Waals surface area contributed by atoms with Crippen LogP contribution in [0.25, 0.3) is 0 Å². The Bertz CT molecular complexity index is 728. The number of carbonyl (C=O) groups excluding carboxylic acids is 2. The number of carbonyl (C=O) groups is 2. The van der Waals surface area contributed by atoms with Gasteiger partial charge in [0.25, 0.3) is 0 Å². The van der Waals surface area contributed by atoms with E-state index in [-0.39, 0.29) is 23.6 Å². The van der Waals surface area contributed by atoms with Gasteiger partial charge in [0, 0.05) is 11.8 Å². The second-order valence-corrected chi connectivity index (χ2v) is 4.98. The smallest absolute Gasteiger partial charge is 0.338 e. The maximum Gasteiger partial charge on any atom is 0.338 e. The number of esters is 1. The highest BCUT2D eigenvalue weighted by Gasteiger charge is 2.33. The minimum atomic E-state index is -0.859. The average Bonchev–Trinajstić information content (AvgIpc) is 2.53. The first-order valence-electron chi connectivity index (χ1n) is 7.16. The van der Waals surface area contributed by atoms with Crippen LogP contribution in [0.4, 0.5) is 10.5 Å².